The zero-order valence-electron chi connectivity index (χ0n) is 12.6. The molecule has 0 spiro atoms. The SMILES string of the molecule is CC(C)(N)CNC(=O)c1csc(-c2cccc(C(F)(F)F)c2)n1. The predicted octanol–water partition coefficient (Wildman–Crippen LogP) is 3.30. The van der Waals surface area contributed by atoms with Crippen LogP contribution in [-0.2, 0) is 6.18 Å². The molecule has 3 N–H and O–H groups in total. The van der Waals surface area contributed by atoms with Crippen LogP contribution in [-0.4, -0.2) is 23.0 Å². The summed E-state index contributed by atoms with van der Waals surface area (Å²) < 4.78 is 38.2. The van der Waals surface area contributed by atoms with Crippen molar-refractivity contribution in [1.82, 2.24) is 10.3 Å². The van der Waals surface area contributed by atoms with Crippen LogP contribution in [0.1, 0.15) is 29.9 Å². The number of nitrogens with one attached hydrogen (secondary N) is 1. The van der Waals surface area contributed by atoms with Crippen molar-refractivity contribution >= 4 is 17.2 Å². The van der Waals surface area contributed by atoms with Gasteiger partial charge in [-0.05, 0) is 26.0 Å². The molecule has 23 heavy (non-hydrogen) atoms. The van der Waals surface area contributed by atoms with Crippen LogP contribution in [0.3, 0.4) is 0 Å². The van der Waals surface area contributed by atoms with Gasteiger partial charge in [-0.15, -0.1) is 11.3 Å². The van der Waals surface area contributed by atoms with Crippen molar-refractivity contribution in [2.24, 2.45) is 5.73 Å². The molecule has 0 bridgehead atoms. The highest BCUT2D eigenvalue weighted by Crippen LogP contribution is 2.33. The summed E-state index contributed by atoms with van der Waals surface area (Å²) in [5.74, 6) is -0.405. The minimum absolute atomic E-state index is 0.159. The number of hydrogen-bond acceptors (Lipinski definition) is 4. The van der Waals surface area contributed by atoms with Gasteiger partial charge in [-0.3, -0.25) is 4.79 Å². The lowest BCUT2D eigenvalue weighted by Gasteiger charge is -2.18. The number of aromatic nitrogens is 1. The van der Waals surface area contributed by atoms with Gasteiger partial charge in [0.2, 0.25) is 0 Å². The Morgan fingerprint density at radius 3 is 2.65 bits per heavy atom. The van der Waals surface area contributed by atoms with Crippen LogP contribution in [0.4, 0.5) is 13.2 Å². The maximum Gasteiger partial charge on any atom is 0.416 e. The molecule has 1 amide bonds. The molecule has 1 heterocycles. The van der Waals surface area contributed by atoms with Crippen LogP contribution >= 0.6 is 11.3 Å². The Kier molecular flexibility index (Phi) is 4.76. The largest absolute Gasteiger partial charge is 0.416 e. The molecule has 8 heteroatoms. The van der Waals surface area contributed by atoms with Crippen molar-refractivity contribution in [1.29, 1.82) is 0 Å². The highest BCUT2D eigenvalue weighted by atomic mass is 32.1. The number of rotatable bonds is 4. The lowest BCUT2D eigenvalue weighted by Crippen LogP contribution is -2.45. The summed E-state index contributed by atoms with van der Waals surface area (Å²) in [6.45, 7) is 3.80. The van der Waals surface area contributed by atoms with Gasteiger partial charge < -0.3 is 11.1 Å². The average molecular weight is 343 g/mol. The lowest BCUT2D eigenvalue weighted by molar-refractivity contribution is -0.137. The normalized spacial score (nSPS) is 12.3. The van der Waals surface area contributed by atoms with Crippen LogP contribution in [0.15, 0.2) is 29.6 Å². The molecule has 1 aromatic heterocycles. The van der Waals surface area contributed by atoms with Gasteiger partial charge in [0.1, 0.15) is 10.7 Å². The van der Waals surface area contributed by atoms with Crippen molar-refractivity contribution in [3.63, 3.8) is 0 Å². The van der Waals surface area contributed by atoms with E-state index in [2.05, 4.69) is 10.3 Å². The Labute approximate surface area is 135 Å². The van der Waals surface area contributed by atoms with Crippen LogP contribution in [0.5, 0.6) is 0 Å². The second-order valence-corrected chi connectivity index (χ2v) is 6.65. The van der Waals surface area contributed by atoms with Crippen molar-refractivity contribution in [3.05, 3.63) is 40.9 Å². The first kappa shape index (κ1) is 17.4. The summed E-state index contributed by atoms with van der Waals surface area (Å²) in [4.78, 5) is 16.1. The van der Waals surface area contributed by atoms with Gasteiger partial charge >= 0.3 is 6.18 Å². The molecule has 0 fully saturated rings. The van der Waals surface area contributed by atoms with Gasteiger partial charge in [0.25, 0.3) is 5.91 Å². The predicted molar refractivity (Wildman–Crippen MR) is 83.2 cm³/mol. The Morgan fingerprint density at radius 2 is 2.04 bits per heavy atom. The van der Waals surface area contributed by atoms with E-state index in [4.69, 9.17) is 5.73 Å². The summed E-state index contributed by atoms with van der Waals surface area (Å²) in [5.41, 5.74) is 4.95. The third-order valence-electron chi connectivity index (χ3n) is 2.88. The van der Waals surface area contributed by atoms with Gasteiger partial charge in [-0.2, -0.15) is 13.2 Å². The standard InChI is InChI=1S/C15H16F3N3OS/c1-14(2,19)8-20-12(22)11-7-23-13(21-11)9-4-3-5-10(6-9)15(16,17)18/h3-7H,8,19H2,1-2H3,(H,20,22). The topological polar surface area (TPSA) is 68.0 Å². The molecule has 124 valence electrons. The Hall–Kier alpha value is -1.93. The Balaban J connectivity index is 2.18. The number of thiazole rings is 1. The van der Waals surface area contributed by atoms with Gasteiger partial charge in [-0.1, -0.05) is 12.1 Å². The first-order valence-electron chi connectivity index (χ1n) is 6.76. The van der Waals surface area contributed by atoms with Crippen molar-refractivity contribution < 1.29 is 18.0 Å². The maximum atomic E-state index is 12.7. The zero-order chi connectivity index (χ0) is 17.3. The second-order valence-electron chi connectivity index (χ2n) is 5.79. The minimum Gasteiger partial charge on any atom is -0.349 e. The maximum absolute atomic E-state index is 12.7. The Morgan fingerprint density at radius 1 is 1.35 bits per heavy atom. The van der Waals surface area contributed by atoms with Gasteiger partial charge in [0.15, 0.2) is 0 Å². The van der Waals surface area contributed by atoms with Crippen LogP contribution in [0, 0.1) is 0 Å². The fraction of sp³-hybridized carbons (Fsp3) is 0.333. The van der Waals surface area contributed by atoms with Gasteiger partial charge in [-0.25, -0.2) is 4.98 Å². The first-order valence-corrected chi connectivity index (χ1v) is 7.64. The molecule has 0 unspecified atom stereocenters. The highest BCUT2D eigenvalue weighted by molar-refractivity contribution is 7.13. The van der Waals surface area contributed by atoms with E-state index in [1.54, 1.807) is 13.8 Å². The monoisotopic (exact) mass is 343 g/mol. The molecule has 4 nitrogen and oxygen atoms in total. The van der Waals surface area contributed by atoms with E-state index in [0.29, 0.717) is 10.6 Å². The van der Waals surface area contributed by atoms with Crippen LogP contribution in [0.2, 0.25) is 0 Å². The minimum atomic E-state index is -4.42. The molecule has 0 saturated heterocycles. The molecule has 2 aromatic rings. The van der Waals surface area contributed by atoms with E-state index < -0.39 is 23.2 Å². The number of carbonyl (C=O) groups excluding carboxylic acids is 1. The fourth-order valence-corrected chi connectivity index (χ4v) is 2.53. The van der Waals surface area contributed by atoms with Crippen molar-refractivity contribution in [2.75, 3.05) is 6.54 Å². The molecule has 0 aliphatic rings. The Bertz CT molecular complexity index is 704. The summed E-state index contributed by atoms with van der Waals surface area (Å²) in [5, 5.41) is 4.50. The third kappa shape index (κ3) is 4.77. The highest BCUT2D eigenvalue weighted by Gasteiger charge is 2.30. The molecule has 0 radical (unpaired) electrons. The number of halogens is 3. The smallest absolute Gasteiger partial charge is 0.349 e. The molecular weight excluding hydrogens is 327 g/mol. The average Bonchev–Trinajstić information content (AvgIpc) is 2.93. The van der Waals surface area contributed by atoms with Crippen LogP contribution < -0.4 is 11.1 Å². The number of nitrogens with two attached hydrogens (primary N) is 1. The zero-order valence-corrected chi connectivity index (χ0v) is 13.4. The molecule has 1 aromatic carbocycles. The first-order chi connectivity index (χ1) is 10.6. The molecular formula is C15H16F3N3OS. The molecule has 0 aliphatic heterocycles. The molecule has 2 rings (SSSR count). The fourth-order valence-electron chi connectivity index (χ4n) is 1.74. The number of benzene rings is 1. The summed E-state index contributed by atoms with van der Waals surface area (Å²) in [6.07, 6.45) is -4.42. The van der Waals surface area contributed by atoms with Gasteiger partial charge in [0, 0.05) is 23.0 Å². The number of amides is 1. The summed E-state index contributed by atoms with van der Waals surface area (Å²) in [7, 11) is 0. The van der Waals surface area contributed by atoms with Crippen molar-refractivity contribution in [3.8, 4) is 10.6 Å². The summed E-state index contributed by atoms with van der Waals surface area (Å²) >= 11 is 1.11. The second kappa shape index (κ2) is 6.29. The van der Waals surface area contributed by atoms with Gasteiger partial charge in [0.05, 0.1) is 5.56 Å². The van der Waals surface area contributed by atoms with Crippen LogP contribution in [0.25, 0.3) is 10.6 Å². The van der Waals surface area contributed by atoms with E-state index in [-0.39, 0.29) is 12.2 Å². The quantitative estimate of drug-likeness (QED) is 0.895. The number of nitrogens with zero attached hydrogens (tertiary/aromatic N) is 1. The lowest BCUT2D eigenvalue weighted by atomic mass is 10.1. The molecule has 0 aliphatic carbocycles. The van der Waals surface area contributed by atoms with Crippen molar-refractivity contribution in [2.45, 2.75) is 25.6 Å². The van der Waals surface area contributed by atoms with E-state index in [9.17, 15) is 18.0 Å². The number of carbonyl (C=O) groups is 1. The summed E-state index contributed by atoms with van der Waals surface area (Å²) in [6, 6.07) is 4.85. The van der Waals surface area contributed by atoms with E-state index in [0.717, 1.165) is 23.5 Å². The van der Waals surface area contributed by atoms with E-state index in [1.807, 2.05) is 0 Å². The molecule has 0 atom stereocenters. The van der Waals surface area contributed by atoms with E-state index >= 15 is 0 Å². The number of hydrogen-bond donors (Lipinski definition) is 2. The third-order valence-corrected chi connectivity index (χ3v) is 3.77. The number of alkyl halides is 3. The van der Waals surface area contributed by atoms with E-state index in [1.165, 1.54) is 17.5 Å². The molecule has 0 saturated carbocycles.